The summed E-state index contributed by atoms with van der Waals surface area (Å²) in [6, 6.07) is 12.2. The SMILES string of the molecule is CC(C)[C@H](N)C(=O)N1CCC[C@H]1C1NC=C(c2ccc(-c3cc4ccc(C5=CNC([C@@H]6CCCN6C(=O)[C@H](N)C6C=CC=CC6)N5)cc4cn3)cc2F)N1. The Labute approximate surface area is 315 Å². The predicted molar refractivity (Wildman–Crippen MR) is 210 cm³/mol. The van der Waals surface area contributed by atoms with Gasteiger partial charge < -0.3 is 42.5 Å². The number of amides is 2. The number of nitrogens with zero attached hydrogens (tertiary/aromatic N) is 3. The van der Waals surface area contributed by atoms with Gasteiger partial charge in [0.05, 0.1) is 41.3 Å². The van der Waals surface area contributed by atoms with Crippen LogP contribution in [0, 0.1) is 17.7 Å². The van der Waals surface area contributed by atoms with Gasteiger partial charge in [-0.25, -0.2) is 4.39 Å². The smallest absolute Gasteiger partial charge is 0.240 e. The van der Waals surface area contributed by atoms with E-state index in [1.807, 2.05) is 66.4 Å². The van der Waals surface area contributed by atoms with E-state index in [1.165, 1.54) is 6.07 Å². The van der Waals surface area contributed by atoms with Crippen LogP contribution < -0.4 is 32.7 Å². The molecule has 8 rings (SSSR count). The van der Waals surface area contributed by atoms with E-state index in [4.69, 9.17) is 16.5 Å². The van der Waals surface area contributed by atoms with E-state index in [-0.39, 0.29) is 53.9 Å². The molecule has 54 heavy (non-hydrogen) atoms. The summed E-state index contributed by atoms with van der Waals surface area (Å²) in [6.45, 7) is 5.29. The number of allylic oxidation sites excluding steroid dienone is 3. The molecule has 12 heteroatoms. The molecule has 2 aromatic carbocycles. The Morgan fingerprint density at radius 2 is 1.52 bits per heavy atom. The lowest BCUT2D eigenvalue weighted by Gasteiger charge is -2.33. The lowest BCUT2D eigenvalue weighted by atomic mass is 9.92. The van der Waals surface area contributed by atoms with Gasteiger partial charge >= 0.3 is 0 Å². The van der Waals surface area contributed by atoms with Crippen molar-refractivity contribution in [2.75, 3.05) is 13.1 Å². The van der Waals surface area contributed by atoms with Crippen LogP contribution in [0.2, 0.25) is 0 Å². The second-order valence-corrected chi connectivity index (χ2v) is 15.5. The predicted octanol–water partition coefficient (Wildman–Crippen LogP) is 4.10. The first kappa shape index (κ1) is 35.8. The average molecular weight is 732 g/mol. The number of carbonyl (C=O) groups excluding carboxylic acids is 2. The van der Waals surface area contributed by atoms with Gasteiger partial charge in [-0.1, -0.05) is 56.4 Å². The minimum Gasteiger partial charge on any atom is -0.368 e. The number of rotatable bonds is 9. The Morgan fingerprint density at radius 1 is 0.833 bits per heavy atom. The Morgan fingerprint density at radius 3 is 2.20 bits per heavy atom. The maximum Gasteiger partial charge on any atom is 0.240 e. The molecule has 282 valence electrons. The molecule has 3 aromatic rings. The van der Waals surface area contributed by atoms with Crippen LogP contribution in [0.4, 0.5) is 4.39 Å². The van der Waals surface area contributed by atoms with Crippen molar-refractivity contribution in [1.29, 1.82) is 0 Å². The van der Waals surface area contributed by atoms with Crippen LogP contribution in [0.15, 0.2) is 85.4 Å². The molecule has 0 saturated carbocycles. The van der Waals surface area contributed by atoms with Crippen LogP contribution in [-0.4, -0.2) is 76.2 Å². The fourth-order valence-corrected chi connectivity index (χ4v) is 8.49. The van der Waals surface area contributed by atoms with Gasteiger partial charge in [-0.05, 0) is 73.2 Å². The molecule has 3 unspecified atom stereocenters. The second kappa shape index (κ2) is 14.9. The first-order valence-corrected chi connectivity index (χ1v) is 19.3. The van der Waals surface area contributed by atoms with E-state index in [0.717, 1.165) is 54.1 Å². The highest BCUT2D eigenvalue weighted by atomic mass is 19.1. The monoisotopic (exact) mass is 731 g/mol. The zero-order chi connectivity index (χ0) is 37.5. The van der Waals surface area contributed by atoms with Gasteiger partial charge in [0, 0.05) is 54.1 Å². The highest BCUT2D eigenvalue weighted by Gasteiger charge is 2.40. The molecule has 1 aromatic heterocycles. The molecular formula is C42H50FN9O2. The van der Waals surface area contributed by atoms with Gasteiger partial charge in [-0.2, -0.15) is 0 Å². The minimum absolute atomic E-state index is 0.00217. The van der Waals surface area contributed by atoms with Gasteiger partial charge in [-0.3, -0.25) is 14.6 Å². The maximum atomic E-state index is 15.7. The van der Waals surface area contributed by atoms with Crippen molar-refractivity contribution >= 4 is 34.0 Å². The standard InChI is InChI=1S/C42H50FN9O2/c1-24(2)37(44)41(53)51-16-6-11-36(51)40-48-23-34(50-40)30-15-14-28(19-31(30)43)32-20-26-12-13-27(18-29(26)21-46-32)33-22-47-39(49-33)35-10-7-17-52(35)42(54)38(45)25-8-4-3-5-9-25/h3-5,8,12-15,18-25,35-40,47-50H,6-7,9-11,16-17,44-45H2,1-2H3/t25?,35-,36-,37-,38+,39?,40?/m0/s1. The normalized spacial score (nSPS) is 25.9. The van der Waals surface area contributed by atoms with Crippen molar-refractivity contribution < 1.29 is 14.0 Å². The summed E-state index contributed by atoms with van der Waals surface area (Å²) in [5.41, 5.74) is 17.1. The van der Waals surface area contributed by atoms with Crippen LogP contribution in [0.3, 0.4) is 0 Å². The number of fused-ring (bicyclic) bond motifs is 1. The number of pyridine rings is 1. The van der Waals surface area contributed by atoms with E-state index in [9.17, 15) is 9.59 Å². The number of likely N-dealkylation sites (tertiary alicyclic amines) is 2. The zero-order valence-electron chi connectivity index (χ0n) is 30.8. The third kappa shape index (κ3) is 6.84. The molecular weight excluding hydrogens is 682 g/mol. The van der Waals surface area contributed by atoms with E-state index in [2.05, 4.69) is 45.5 Å². The summed E-state index contributed by atoms with van der Waals surface area (Å²) in [5, 5.41) is 15.8. The molecule has 2 fully saturated rings. The lowest BCUT2D eigenvalue weighted by Crippen LogP contribution is -2.56. The third-order valence-electron chi connectivity index (χ3n) is 11.7. The van der Waals surface area contributed by atoms with Crippen LogP contribution in [0.25, 0.3) is 33.4 Å². The highest BCUT2D eigenvalue weighted by molar-refractivity contribution is 5.89. The Bertz CT molecular complexity index is 2060. The molecule has 8 N–H and O–H groups in total. The topological polar surface area (TPSA) is 154 Å². The van der Waals surface area contributed by atoms with E-state index in [1.54, 1.807) is 12.3 Å². The van der Waals surface area contributed by atoms with Gasteiger partial charge in [0.15, 0.2) is 0 Å². The quantitative estimate of drug-likeness (QED) is 0.191. The lowest BCUT2D eigenvalue weighted by molar-refractivity contribution is -0.135. The molecule has 5 heterocycles. The molecule has 11 nitrogen and oxygen atoms in total. The summed E-state index contributed by atoms with van der Waals surface area (Å²) in [6.07, 6.45) is 17.7. The Balaban J connectivity index is 0.907. The zero-order valence-corrected chi connectivity index (χ0v) is 30.8. The van der Waals surface area contributed by atoms with E-state index in [0.29, 0.717) is 35.6 Å². The number of nitrogens with one attached hydrogen (secondary N) is 4. The van der Waals surface area contributed by atoms with E-state index < -0.39 is 12.1 Å². The number of carbonyl (C=O) groups is 2. The molecule has 0 bridgehead atoms. The number of hydrogen-bond acceptors (Lipinski definition) is 9. The van der Waals surface area contributed by atoms with Crippen molar-refractivity contribution in [1.82, 2.24) is 36.1 Å². The summed E-state index contributed by atoms with van der Waals surface area (Å²) in [5.74, 6) is -0.316. The average Bonchev–Trinajstić information content (AvgIpc) is 4.03. The molecule has 4 aliphatic heterocycles. The van der Waals surface area contributed by atoms with Crippen molar-refractivity contribution in [3.05, 3.63) is 102 Å². The van der Waals surface area contributed by atoms with Crippen molar-refractivity contribution in [2.45, 2.75) is 82.5 Å². The van der Waals surface area contributed by atoms with Gasteiger partial charge in [0.25, 0.3) is 0 Å². The molecule has 1 aliphatic carbocycles. The fraction of sp³-hybridized carbons (Fsp3) is 0.405. The summed E-state index contributed by atoms with van der Waals surface area (Å²) >= 11 is 0. The van der Waals surface area contributed by atoms with Crippen LogP contribution in [0.5, 0.6) is 0 Å². The van der Waals surface area contributed by atoms with Crippen LogP contribution in [0.1, 0.15) is 57.1 Å². The largest absolute Gasteiger partial charge is 0.368 e. The molecule has 0 spiro atoms. The molecule has 7 atom stereocenters. The first-order valence-electron chi connectivity index (χ1n) is 19.3. The summed E-state index contributed by atoms with van der Waals surface area (Å²) in [7, 11) is 0. The number of aromatic nitrogens is 1. The Kier molecular flexibility index (Phi) is 9.89. The molecule has 5 aliphatic rings. The fourth-order valence-electron chi connectivity index (χ4n) is 8.49. The van der Waals surface area contributed by atoms with Crippen LogP contribution >= 0.6 is 0 Å². The van der Waals surface area contributed by atoms with E-state index >= 15 is 4.39 Å². The number of benzene rings is 2. The third-order valence-corrected chi connectivity index (χ3v) is 11.7. The maximum absolute atomic E-state index is 15.7. The van der Waals surface area contributed by atoms with Crippen molar-refractivity contribution in [2.24, 2.45) is 23.3 Å². The van der Waals surface area contributed by atoms with Gasteiger partial charge in [0.1, 0.15) is 18.1 Å². The molecule has 2 saturated heterocycles. The number of halogens is 1. The number of hydrogen-bond donors (Lipinski definition) is 6. The molecule has 2 amide bonds. The molecule has 0 radical (unpaired) electrons. The second-order valence-electron chi connectivity index (χ2n) is 15.5. The van der Waals surface area contributed by atoms with Gasteiger partial charge in [-0.15, -0.1) is 0 Å². The highest BCUT2D eigenvalue weighted by Crippen LogP contribution is 2.31. The number of nitrogens with two attached hydrogens (primary N) is 2. The van der Waals surface area contributed by atoms with Crippen molar-refractivity contribution in [3.8, 4) is 11.3 Å². The first-order chi connectivity index (χ1) is 26.2. The van der Waals surface area contributed by atoms with Gasteiger partial charge in [0.2, 0.25) is 11.8 Å². The Hall–Kier alpha value is -5.20. The summed E-state index contributed by atoms with van der Waals surface area (Å²) in [4.78, 5) is 35.1. The summed E-state index contributed by atoms with van der Waals surface area (Å²) < 4.78 is 15.7. The van der Waals surface area contributed by atoms with Crippen molar-refractivity contribution in [3.63, 3.8) is 0 Å². The van der Waals surface area contributed by atoms with Crippen LogP contribution in [-0.2, 0) is 9.59 Å². The minimum atomic E-state index is -0.554.